The lowest BCUT2D eigenvalue weighted by molar-refractivity contribution is -0.118. The Labute approximate surface area is 116 Å². The normalized spacial score (nSPS) is 23.9. The third-order valence-electron chi connectivity index (χ3n) is 3.86. The molecule has 1 nitrogen and oxygen atoms in total. The first-order chi connectivity index (χ1) is 8.97. The quantitative estimate of drug-likeness (QED) is 0.714. The van der Waals surface area contributed by atoms with E-state index in [-0.39, 0.29) is 11.3 Å². The predicted molar refractivity (Wildman–Crippen MR) is 80.1 cm³/mol. The molecule has 102 valence electrons. The minimum Gasteiger partial charge on any atom is -0.295 e. The molecule has 1 saturated carbocycles. The molecule has 1 fully saturated rings. The van der Waals surface area contributed by atoms with Gasteiger partial charge < -0.3 is 0 Å². The van der Waals surface area contributed by atoms with Crippen molar-refractivity contribution >= 4 is 5.78 Å². The molecule has 19 heavy (non-hydrogen) atoms. The smallest absolute Gasteiger partial charge is 0.159 e. The van der Waals surface area contributed by atoms with Gasteiger partial charge in [-0.1, -0.05) is 63.6 Å². The van der Waals surface area contributed by atoms with E-state index in [2.05, 4.69) is 45.0 Å². The second kappa shape index (κ2) is 5.73. The van der Waals surface area contributed by atoms with E-state index in [1.165, 1.54) is 12.0 Å². The highest BCUT2D eigenvalue weighted by Gasteiger charge is 2.32. The highest BCUT2D eigenvalue weighted by atomic mass is 16.1. The van der Waals surface area contributed by atoms with Gasteiger partial charge in [-0.3, -0.25) is 4.79 Å². The average Bonchev–Trinajstić information content (AvgIpc) is 2.85. The van der Waals surface area contributed by atoms with E-state index in [0.29, 0.717) is 11.7 Å². The zero-order valence-corrected chi connectivity index (χ0v) is 12.2. The van der Waals surface area contributed by atoms with Crippen LogP contribution in [-0.2, 0) is 4.79 Å². The van der Waals surface area contributed by atoms with Gasteiger partial charge in [0.05, 0.1) is 0 Å². The van der Waals surface area contributed by atoms with Crippen molar-refractivity contribution in [2.24, 2.45) is 11.3 Å². The van der Waals surface area contributed by atoms with E-state index in [0.717, 1.165) is 12.8 Å². The van der Waals surface area contributed by atoms with Gasteiger partial charge in [0, 0.05) is 5.92 Å². The summed E-state index contributed by atoms with van der Waals surface area (Å²) in [6.45, 7) is 6.38. The van der Waals surface area contributed by atoms with Crippen molar-refractivity contribution < 1.29 is 4.79 Å². The number of ketones is 1. The summed E-state index contributed by atoms with van der Waals surface area (Å²) in [5, 5.41) is 0. The molecule has 0 amide bonds. The van der Waals surface area contributed by atoms with Crippen LogP contribution < -0.4 is 0 Å². The average molecular weight is 256 g/mol. The highest BCUT2D eigenvalue weighted by molar-refractivity contribution is 5.92. The van der Waals surface area contributed by atoms with Crippen LogP contribution in [-0.4, -0.2) is 5.78 Å². The fourth-order valence-electron chi connectivity index (χ4n) is 2.86. The summed E-state index contributed by atoms with van der Waals surface area (Å²) >= 11 is 0. The lowest BCUT2D eigenvalue weighted by atomic mass is 9.85. The molecule has 1 aliphatic rings. The highest BCUT2D eigenvalue weighted by Crippen LogP contribution is 2.40. The van der Waals surface area contributed by atoms with Crippen molar-refractivity contribution in [2.75, 3.05) is 0 Å². The Bertz CT molecular complexity index is 450. The standard InChI is InChI=1S/C18H24O/c1-18(2,3)13-12-17(19)16-11-7-10-15(16)14-8-5-4-6-9-14/h4-6,8-9,12-13,15-16H,7,10-11H2,1-3H3/b13-12+/t15-,16+/m1/s1. The van der Waals surface area contributed by atoms with E-state index < -0.39 is 0 Å². The number of hydrogen-bond acceptors (Lipinski definition) is 1. The molecule has 0 aliphatic heterocycles. The summed E-state index contributed by atoms with van der Waals surface area (Å²) in [4.78, 5) is 12.4. The molecule has 1 heteroatoms. The molecule has 1 aromatic rings. The SMILES string of the molecule is CC(C)(C)/C=C/C(=O)[C@H]1CCC[C@@H]1c1ccccc1. The molecule has 0 spiro atoms. The second-order valence-electron chi connectivity index (χ2n) is 6.66. The van der Waals surface area contributed by atoms with Gasteiger partial charge in [-0.25, -0.2) is 0 Å². The van der Waals surface area contributed by atoms with Gasteiger partial charge in [-0.2, -0.15) is 0 Å². The third-order valence-corrected chi connectivity index (χ3v) is 3.86. The molecule has 2 atom stereocenters. The van der Waals surface area contributed by atoms with Crippen LogP contribution in [0.1, 0.15) is 51.5 Å². The molecule has 0 heterocycles. The maximum atomic E-state index is 12.4. The van der Waals surface area contributed by atoms with Crippen molar-refractivity contribution in [3.63, 3.8) is 0 Å². The van der Waals surface area contributed by atoms with E-state index in [1.54, 1.807) is 0 Å². The summed E-state index contributed by atoms with van der Waals surface area (Å²) < 4.78 is 0. The summed E-state index contributed by atoms with van der Waals surface area (Å²) in [7, 11) is 0. The van der Waals surface area contributed by atoms with E-state index in [9.17, 15) is 4.79 Å². The van der Waals surface area contributed by atoms with E-state index in [4.69, 9.17) is 0 Å². The van der Waals surface area contributed by atoms with Gasteiger partial charge in [0.25, 0.3) is 0 Å². The monoisotopic (exact) mass is 256 g/mol. The van der Waals surface area contributed by atoms with Crippen LogP contribution >= 0.6 is 0 Å². The maximum absolute atomic E-state index is 12.4. The maximum Gasteiger partial charge on any atom is 0.159 e. The van der Waals surface area contributed by atoms with Crippen LogP contribution in [0.2, 0.25) is 0 Å². The zero-order chi connectivity index (χ0) is 13.9. The number of rotatable bonds is 3. The van der Waals surface area contributed by atoms with Gasteiger partial charge >= 0.3 is 0 Å². The number of benzene rings is 1. The van der Waals surface area contributed by atoms with Crippen LogP contribution in [0.3, 0.4) is 0 Å². The number of allylic oxidation sites excluding steroid dienone is 2. The van der Waals surface area contributed by atoms with Crippen LogP contribution in [0.25, 0.3) is 0 Å². The Kier molecular flexibility index (Phi) is 4.24. The third kappa shape index (κ3) is 3.79. The molecule has 1 aromatic carbocycles. The van der Waals surface area contributed by atoms with Crippen LogP contribution in [0, 0.1) is 11.3 Å². The number of carbonyl (C=O) groups is 1. The molecular formula is C18H24O. The molecule has 2 rings (SSSR count). The minimum atomic E-state index is 0.0799. The Hall–Kier alpha value is -1.37. The Morgan fingerprint density at radius 2 is 1.84 bits per heavy atom. The summed E-state index contributed by atoms with van der Waals surface area (Å²) in [5.41, 5.74) is 1.40. The zero-order valence-electron chi connectivity index (χ0n) is 12.2. The van der Waals surface area contributed by atoms with E-state index >= 15 is 0 Å². The summed E-state index contributed by atoms with van der Waals surface area (Å²) in [6, 6.07) is 10.5. The van der Waals surface area contributed by atoms with Gasteiger partial charge in [0.2, 0.25) is 0 Å². The number of hydrogen-bond donors (Lipinski definition) is 0. The lowest BCUT2D eigenvalue weighted by Crippen LogP contribution is -2.16. The van der Waals surface area contributed by atoms with Gasteiger partial charge in [0.1, 0.15) is 0 Å². The van der Waals surface area contributed by atoms with Gasteiger partial charge in [-0.15, -0.1) is 0 Å². The molecule has 0 unspecified atom stereocenters. The summed E-state index contributed by atoms with van der Waals surface area (Å²) in [5.74, 6) is 0.903. The van der Waals surface area contributed by atoms with Crippen molar-refractivity contribution in [3.05, 3.63) is 48.0 Å². The van der Waals surface area contributed by atoms with Crippen molar-refractivity contribution in [1.82, 2.24) is 0 Å². The van der Waals surface area contributed by atoms with Crippen molar-refractivity contribution in [2.45, 2.75) is 46.0 Å². The van der Waals surface area contributed by atoms with Crippen molar-refractivity contribution in [1.29, 1.82) is 0 Å². The van der Waals surface area contributed by atoms with Crippen LogP contribution in [0.15, 0.2) is 42.5 Å². The molecular weight excluding hydrogens is 232 g/mol. The molecule has 1 aliphatic carbocycles. The second-order valence-corrected chi connectivity index (χ2v) is 6.66. The first kappa shape index (κ1) is 14.0. The molecule has 0 radical (unpaired) electrons. The van der Waals surface area contributed by atoms with Crippen LogP contribution in [0.5, 0.6) is 0 Å². The first-order valence-electron chi connectivity index (χ1n) is 7.25. The molecule has 0 bridgehead atoms. The molecule has 0 saturated heterocycles. The van der Waals surface area contributed by atoms with Gasteiger partial charge in [-0.05, 0) is 35.8 Å². The summed E-state index contributed by atoms with van der Waals surface area (Å²) in [6.07, 6.45) is 7.19. The molecule has 0 N–H and O–H groups in total. The Morgan fingerprint density at radius 3 is 2.47 bits per heavy atom. The first-order valence-corrected chi connectivity index (χ1v) is 7.25. The van der Waals surface area contributed by atoms with Crippen LogP contribution in [0.4, 0.5) is 0 Å². The Morgan fingerprint density at radius 1 is 1.16 bits per heavy atom. The lowest BCUT2D eigenvalue weighted by Gasteiger charge is -2.18. The van der Waals surface area contributed by atoms with Gasteiger partial charge in [0.15, 0.2) is 5.78 Å². The topological polar surface area (TPSA) is 17.1 Å². The predicted octanol–water partition coefficient (Wildman–Crippen LogP) is 4.74. The fraction of sp³-hybridized carbons (Fsp3) is 0.500. The fourth-order valence-corrected chi connectivity index (χ4v) is 2.86. The van der Waals surface area contributed by atoms with E-state index in [1.807, 2.05) is 18.2 Å². The van der Waals surface area contributed by atoms with Crippen molar-refractivity contribution in [3.8, 4) is 0 Å². The molecule has 0 aromatic heterocycles. The largest absolute Gasteiger partial charge is 0.295 e. The number of carbonyl (C=O) groups excluding carboxylic acids is 1. The Balaban J connectivity index is 2.11. The minimum absolute atomic E-state index is 0.0799.